The smallest absolute Gasteiger partial charge is 0.367 e. The molecule has 2 heterocycles. The summed E-state index contributed by atoms with van der Waals surface area (Å²) in [5, 5.41) is 0. The molecule has 2 amide bonds. The third-order valence-electron chi connectivity index (χ3n) is 2.46. The van der Waals surface area contributed by atoms with Crippen molar-refractivity contribution >= 4 is 34.5 Å². The summed E-state index contributed by atoms with van der Waals surface area (Å²) in [6.07, 6.45) is 0. The number of rotatable bonds is 1. The number of hydrogen-bond donors (Lipinski definition) is 1. The van der Waals surface area contributed by atoms with Crippen LogP contribution in [0.25, 0.3) is 11.1 Å². The van der Waals surface area contributed by atoms with Gasteiger partial charge in [0, 0.05) is 0 Å². The zero-order chi connectivity index (χ0) is 11.8. The number of para-hydroxylation sites is 2. The van der Waals surface area contributed by atoms with E-state index >= 15 is 0 Å². The number of nitrogens with zero attached hydrogens (tertiary/aromatic N) is 2. The molecule has 6 nitrogen and oxygen atoms in total. The first-order valence-electron chi connectivity index (χ1n) is 5.06. The Balaban J connectivity index is 1.95. The van der Waals surface area contributed by atoms with E-state index in [1.54, 1.807) is 6.07 Å². The van der Waals surface area contributed by atoms with Crippen molar-refractivity contribution in [1.82, 2.24) is 9.71 Å². The second-order valence-corrected chi connectivity index (χ2v) is 4.88. The summed E-state index contributed by atoms with van der Waals surface area (Å²) < 4.78 is 18.9. The molecule has 2 aromatic rings. The van der Waals surface area contributed by atoms with Gasteiger partial charge < -0.3 is 8.97 Å². The van der Waals surface area contributed by atoms with Gasteiger partial charge in [0.1, 0.15) is 11.3 Å². The zero-order valence-corrected chi connectivity index (χ0v) is 9.57. The van der Waals surface area contributed by atoms with E-state index in [0.717, 1.165) is 0 Å². The molecule has 0 saturated carbocycles. The van der Waals surface area contributed by atoms with Crippen LogP contribution in [0.5, 0.6) is 0 Å². The summed E-state index contributed by atoms with van der Waals surface area (Å²) in [6.45, 7) is 0.339. The number of anilines is 1. The quantitative estimate of drug-likeness (QED) is 0.767. The molecule has 1 aliphatic heterocycles. The Bertz CT molecular complexity index is 538. The van der Waals surface area contributed by atoms with Crippen molar-refractivity contribution in [3.05, 3.63) is 24.3 Å². The summed E-state index contributed by atoms with van der Waals surface area (Å²) in [5.74, 6) is 0.366. The van der Waals surface area contributed by atoms with E-state index in [2.05, 4.69) is 9.71 Å². The van der Waals surface area contributed by atoms with Crippen LogP contribution in [0.3, 0.4) is 0 Å². The van der Waals surface area contributed by atoms with E-state index in [4.69, 9.17) is 4.42 Å². The monoisotopic (exact) mass is 251 g/mol. The molecule has 0 radical (unpaired) electrons. The third kappa shape index (κ3) is 1.83. The van der Waals surface area contributed by atoms with Gasteiger partial charge in [0.25, 0.3) is 0 Å². The van der Waals surface area contributed by atoms with E-state index in [-0.39, 0.29) is 6.01 Å². The number of carbonyl (C=O) groups excluding carboxylic acids is 1. The van der Waals surface area contributed by atoms with Gasteiger partial charge in [-0.25, -0.2) is 9.69 Å². The maximum atomic E-state index is 11.6. The van der Waals surface area contributed by atoms with Crippen LogP contribution >= 0.6 is 0 Å². The normalized spacial score (nSPS) is 20.6. The van der Waals surface area contributed by atoms with Crippen molar-refractivity contribution < 1.29 is 13.8 Å². The SMILES string of the molecule is O=C1N[S+]([O-])CCN1c1nc2ccccc2o1. The summed E-state index contributed by atoms with van der Waals surface area (Å²) in [4.78, 5) is 17.2. The molecule has 17 heavy (non-hydrogen) atoms. The average molecular weight is 251 g/mol. The van der Waals surface area contributed by atoms with Gasteiger partial charge in [-0.3, -0.25) is 0 Å². The first kappa shape index (κ1) is 10.4. The molecule has 1 saturated heterocycles. The van der Waals surface area contributed by atoms with E-state index in [1.165, 1.54) is 4.90 Å². The van der Waals surface area contributed by atoms with Crippen molar-refractivity contribution in [2.75, 3.05) is 17.2 Å². The molecule has 1 aromatic carbocycles. The molecular weight excluding hydrogens is 242 g/mol. The molecule has 7 heteroatoms. The van der Waals surface area contributed by atoms with Gasteiger partial charge in [-0.2, -0.15) is 9.71 Å². The summed E-state index contributed by atoms with van der Waals surface area (Å²) >= 11 is -1.29. The highest BCUT2D eigenvalue weighted by molar-refractivity contribution is 7.90. The molecule has 1 unspecified atom stereocenters. The largest absolute Gasteiger partial charge is 0.593 e. The molecule has 1 N–H and O–H groups in total. The lowest BCUT2D eigenvalue weighted by atomic mass is 10.3. The highest BCUT2D eigenvalue weighted by Gasteiger charge is 2.30. The second-order valence-electron chi connectivity index (χ2n) is 3.57. The predicted molar refractivity (Wildman–Crippen MR) is 62.9 cm³/mol. The van der Waals surface area contributed by atoms with E-state index in [9.17, 15) is 9.35 Å². The van der Waals surface area contributed by atoms with Gasteiger partial charge in [0.15, 0.2) is 5.58 Å². The van der Waals surface area contributed by atoms with Crippen molar-refractivity contribution in [2.24, 2.45) is 0 Å². The molecule has 1 aromatic heterocycles. The van der Waals surface area contributed by atoms with Gasteiger partial charge in [-0.1, -0.05) is 12.1 Å². The first-order valence-corrected chi connectivity index (χ1v) is 6.38. The molecule has 3 rings (SSSR count). The molecule has 1 fully saturated rings. The van der Waals surface area contributed by atoms with Crippen LogP contribution in [0.4, 0.5) is 10.8 Å². The van der Waals surface area contributed by atoms with Gasteiger partial charge >= 0.3 is 12.0 Å². The third-order valence-corrected chi connectivity index (χ3v) is 3.42. The predicted octanol–water partition coefficient (Wildman–Crippen LogP) is 1.02. The topological polar surface area (TPSA) is 81.4 Å². The van der Waals surface area contributed by atoms with E-state index in [0.29, 0.717) is 23.4 Å². The van der Waals surface area contributed by atoms with Crippen LogP contribution in [0.1, 0.15) is 0 Å². The highest BCUT2D eigenvalue weighted by atomic mass is 32.2. The van der Waals surface area contributed by atoms with Crippen molar-refractivity contribution in [1.29, 1.82) is 0 Å². The fourth-order valence-electron chi connectivity index (χ4n) is 1.64. The summed E-state index contributed by atoms with van der Waals surface area (Å²) in [5.41, 5.74) is 1.32. The Morgan fingerprint density at radius 2 is 2.29 bits per heavy atom. The fourth-order valence-corrected chi connectivity index (χ4v) is 2.39. The zero-order valence-electron chi connectivity index (χ0n) is 8.75. The molecule has 1 aliphatic rings. The number of benzene rings is 1. The van der Waals surface area contributed by atoms with Gasteiger partial charge in [-0.05, 0) is 12.1 Å². The maximum absolute atomic E-state index is 11.6. The Morgan fingerprint density at radius 3 is 3.06 bits per heavy atom. The minimum atomic E-state index is -1.29. The molecule has 1 atom stereocenters. The minimum Gasteiger partial charge on any atom is -0.593 e. The lowest BCUT2D eigenvalue weighted by Gasteiger charge is -2.24. The van der Waals surface area contributed by atoms with Crippen molar-refractivity contribution in [3.63, 3.8) is 0 Å². The highest BCUT2D eigenvalue weighted by Crippen LogP contribution is 2.22. The number of urea groups is 1. The fraction of sp³-hybridized carbons (Fsp3) is 0.200. The summed E-state index contributed by atoms with van der Waals surface area (Å²) in [6, 6.07) is 7.07. The van der Waals surface area contributed by atoms with Crippen LogP contribution in [0, 0.1) is 0 Å². The summed E-state index contributed by atoms with van der Waals surface area (Å²) in [7, 11) is 0. The molecule has 0 aliphatic carbocycles. The Morgan fingerprint density at radius 1 is 1.47 bits per heavy atom. The Labute approximate surface area is 99.9 Å². The lowest BCUT2D eigenvalue weighted by Crippen LogP contribution is -2.52. The van der Waals surface area contributed by atoms with Crippen molar-refractivity contribution in [2.45, 2.75) is 0 Å². The number of nitrogens with one attached hydrogen (secondary N) is 1. The van der Waals surface area contributed by atoms with Gasteiger partial charge in [0.05, 0.1) is 17.9 Å². The lowest BCUT2D eigenvalue weighted by molar-refractivity contribution is 0.249. The van der Waals surface area contributed by atoms with Gasteiger partial charge in [-0.15, -0.1) is 0 Å². The first-order chi connectivity index (χ1) is 8.24. The molecule has 88 valence electrons. The number of oxazole rings is 1. The number of carbonyl (C=O) groups is 1. The van der Waals surface area contributed by atoms with Crippen LogP contribution < -0.4 is 9.62 Å². The Kier molecular flexibility index (Phi) is 2.41. The molecule has 0 bridgehead atoms. The Hall–Kier alpha value is -1.73. The number of amides is 2. The maximum Gasteiger partial charge on any atom is 0.367 e. The average Bonchev–Trinajstić information content (AvgIpc) is 2.72. The molecular formula is C10H9N3O3S. The van der Waals surface area contributed by atoms with Crippen LogP contribution in [0.15, 0.2) is 28.7 Å². The van der Waals surface area contributed by atoms with Crippen molar-refractivity contribution in [3.8, 4) is 0 Å². The molecule has 0 spiro atoms. The van der Waals surface area contributed by atoms with Gasteiger partial charge in [0.2, 0.25) is 0 Å². The van der Waals surface area contributed by atoms with Crippen LogP contribution in [0.2, 0.25) is 0 Å². The standard InChI is InChI=1S/C10H9N3O3S/c14-9-12-17(15)6-5-13(9)10-11-7-3-1-2-4-8(7)16-10/h1-4H,5-6H2,(H,12,14). The van der Waals surface area contributed by atoms with E-state index < -0.39 is 17.4 Å². The number of hydrogen-bond acceptors (Lipinski definition) is 4. The van der Waals surface area contributed by atoms with Crippen LogP contribution in [-0.2, 0) is 11.4 Å². The number of fused-ring (bicyclic) bond motifs is 1. The minimum absolute atomic E-state index is 0.236. The number of aromatic nitrogens is 1. The van der Waals surface area contributed by atoms with Crippen LogP contribution in [-0.4, -0.2) is 27.9 Å². The second kappa shape index (κ2) is 3.94. The van der Waals surface area contributed by atoms with E-state index in [1.807, 2.05) is 18.2 Å².